The van der Waals surface area contributed by atoms with Crippen LogP contribution in [0.1, 0.15) is 39.0 Å². The summed E-state index contributed by atoms with van der Waals surface area (Å²) in [6.07, 6.45) is 7.13. The summed E-state index contributed by atoms with van der Waals surface area (Å²) in [5, 5.41) is 3.81. The average molecular weight is 196 g/mol. The largest absolute Gasteiger partial charge is 0.309 e. The lowest BCUT2D eigenvalue weighted by atomic mass is 9.83. The molecule has 2 atom stereocenters. The molecular weight excluding hydrogens is 172 g/mol. The highest BCUT2D eigenvalue weighted by atomic mass is 15.2. The summed E-state index contributed by atoms with van der Waals surface area (Å²) in [5.74, 6) is 0.999. The van der Waals surface area contributed by atoms with E-state index in [1.807, 2.05) is 0 Å². The van der Waals surface area contributed by atoms with Crippen LogP contribution in [0.5, 0.6) is 0 Å². The predicted octanol–water partition coefficient (Wildman–Crippen LogP) is 1.86. The quantitative estimate of drug-likeness (QED) is 0.741. The fourth-order valence-electron chi connectivity index (χ4n) is 2.95. The number of likely N-dealkylation sites (N-methyl/N-ethyl adjacent to an activating group) is 1. The third-order valence-electron chi connectivity index (χ3n) is 3.90. The number of hydrogen-bond acceptors (Lipinski definition) is 2. The molecule has 1 saturated carbocycles. The van der Waals surface area contributed by atoms with Crippen LogP contribution >= 0.6 is 0 Å². The maximum Gasteiger partial charge on any atom is 0.0324 e. The first kappa shape index (κ1) is 10.4. The SMILES string of the molecule is CCC1CCCC(NC2CN(C)C2)C1. The van der Waals surface area contributed by atoms with Crippen molar-refractivity contribution in [3.63, 3.8) is 0 Å². The van der Waals surface area contributed by atoms with Gasteiger partial charge in [-0.05, 0) is 25.8 Å². The van der Waals surface area contributed by atoms with E-state index in [2.05, 4.69) is 24.2 Å². The van der Waals surface area contributed by atoms with Crippen LogP contribution in [0, 0.1) is 5.92 Å². The minimum Gasteiger partial charge on any atom is -0.309 e. The number of nitrogens with one attached hydrogen (secondary N) is 1. The molecule has 0 amide bonds. The summed E-state index contributed by atoms with van der Waals surface area (Å²) in [7, 11) is 2.20. The molecule has 2 heteroatoms. The molecule has 0 aromatic carbocycles. The molecule has 1 heterocycles. The van der Waals surface area contributed by atoms with Crippen molar-refractivity contribution in [1.82, 2.24) is 10.2 Å². The van der Waals surface area contributed by atoms with Gasteiger partial charge < -0.3 is 10.2 Å². The van der Waals surface area contributed by atoms with Crippen LogP contribution in [0.15, 0.2) is 0 Å². The average Bonchev–Trinajstić information content (AvgIpc) is 2.16. The molecular formula is C12H24N2. The highest BCUT2D eigenvalue weighted by molar-refractivity contribution is 4.88. The van der Waals surface area contributed by atoms with E-state index in [9.17, 15) is 0 Å². The van der Waals surface area contributed by atoms with Gasteiger partial charge >= 0.3 is 0 Å². The Morgan fingerprint density at radius 3 is 2.64 bits per heavy atom. The van der Waals surface area contributed by atoms with Crippen LogP contribution in [0.25, 0.3) is 0 Å². The smallest absolute Gasteiger partial charge is 0.0324 e. The zero-order valence-electron chi connectivity index (χ0n) is 9.63. The molecule has 0 spiro atoms. The first-order chi connectivity index (χ1) is 6.78. The lowest BCUT2D eigenvalue weighted by Crippen LogP contribution is -2.59. The van der Waals surface area contributed by atoms with Gasteiger partial charge in [0.2, 0.25) is 0 Å². The number of likely N-dealkylation sites (tertiary alicyclic amines) is 1. The Kier molecular flexibility index (Phi) is 3.45. The topological polar surface area (TPSA) is 15.3 Å². The van der Waals surface area contributed by atoms with E-state index in [0.717, 1.165) is 18.0 Å². The summed E-state index contributed by atoms with van der Waals surface area (Å²) in [4.78, 5) is 2.39. The predicted molar refractivity (Wildman–Crippen MR) is 60.5 cm³/mol. The second-order valence-corrected chi connectivity index (χ2v) is 5.22. The van der Waals surface area contributed by atoms with Crippen LogP contribution in [-0.2, 0) is 0 Å². The highest BCUT2D eigenvalue weighted by Crippen LogP contribution is 2.27. The van der Waals surface area contributed by atoms with Crippen molar-refractivity contribution in [2.24, 2.45) is 5.92 Å². The molecule has 1 aliphatic heterocycles. The third kappa shape index (κ3) is 2.48. The van der Waals surface area contributed by atoms with Crippen molar-refractivity contribution in [2.75, 3.05) is 20.1 Å². The summed E-state index contributed by atoms with van der Waals surface area (Å²) >= 11 is 0. The summed E-state index contributed by atoms with van der Waals surface area (Å²) in [6.45, 7) is 4.85. The van der Waals surface area contributed by atoms with Crippen molar-refractivity contribution < 1.29 is 0 Å². The fraction of sp³-hybridized carbons (Fsp3) is 1.00. The molecule has 2 nitrogen and oxygen atoms in total. The summed E-state index contributed by atoms with van der Waals surface area (Å²) in [5.41, 5.74) is 0. The second kappa shape index (κ2) is 4.63. The molecule has 2 rings (SSSR count). The van der Waals surface area contributed by atoms with E-state index in [1.165, 1.54) is 45.2 Å². The zero-order valence-corrected chi connectivity index (χ0v) is 9.63. The normalized spacial score (nSPS) is 35.6. The van der Waals surface area contributed by atoms with Crippen molar-refractivity contribution >= 4 is 0 Å². The summed E-state index contributed by atoms with van der Waals surface area (Å²) in [6, 6.07) is 1.62. The Morgan fingerprint density at radius 2 is 2.00 bits per heavy atom. The van der Waals surface area contributed by atoms with Gasteiger partial charge in [-0.15, -0.1) is 0 Å². The molecule has 2 aliphatic rings. The Labute approximate surface area is 88.1 Å². The monoisotopic (exact) mass is 196 g/mol. The van der Waals surface area contributed by atoms with Gasteiger partial charge in [-0.25, -0.2) is 0 Å². The number of nitrogens with zero attached hydrogens (tertiary/aromatic N) is 1. The van der Waals surface area contributed by atoms with Gasteiger partial charge in [0.25, 0.3) is 0 Å². The minimum absolute atomic E-state index is 0.792. The van der Waals surface area contributed by atoms with Crippen molar-refractivity contribution in [3.05, 3.63) is 0 Å². The first-order valence-electron chi connectivity index (χ1n) is 6.22. The van der Waals surface area contributed by atoms with Crippen LogP contribution in [0.3, 0.4) is 0 Å². The fourth-order valence-corrected chi connectivity index (χ4v) is 2.95. The first-order valence-corrected chi connectivity index (χ1v) is 6.22. The number of hydrogen-bond donors (Lipinski definition) is 1. The maximum absolute atomic E-state index is 3.81. The molecule has 0 aromatic heterocycles. The third-order valence-corrected chi connectivity index (χ3v) is 3.90. The van der Waals surface area contributed by atoms with E-state index in [-0.39, 0.29) is 0 Å². The molecule has 1 N–H and O–H groups in total. The standard InChI is InChI=1S/C12H24N2/c1-3-10-5-4-6-11(7-10)13-12-8-14(2)9-12/h10-13H,3-9H2,1-2H3. The Hall–Kier alpha value is -0.0800. The molecule has 82 valence electrons. The van der Waals surface area contributed by atoms with Crippen molar-refractivity contribution in [3.8, 4) is 0 Å². The van der Waals surface area contributed by atoms with E-state index < -0.39 is 0 Å². The second-order valence-electron chi connectivity index (χ2n) is 5.22. The van der Waals surface area contributed by atoms with Crippen molar-refractivity contribution in [2.45, 2.75) is 51.1 Å². The van der Waals surface area contributed by atoms with Gasteiger partial charge in [-0.1, -0.05) is 26.2 Å². The lowest BCUT2D eigenvalue weighted by molar-refractivity contribution is 0.135. The van der Waals surface area contributed by atoms with E-state index in [4.69, 9.17) is 0 Å². The Balaban J connectivity index is 1.69. The summed E-state index contributed by atoms with van der Waals surface area (Å²) < 4.78 is 0. The molecule has 14 heavy (non-hydrogen) atoms. The van der Waals surface area contributed by atoms with Crippen LogP contribution in [0.2, 0.25) is 0 Å². The van der Waals surface area contributed by atoms with Gasteiger partial charge in [0.1, 0.15) is 0 Å². The van der Waals surface area contributed by atoms with Gasteiger partial charge in [0.15, 0.2) is 0 Å². The van der Waals surface area contributed by atoms with Gasteiger partial charge in [-0.2, -0.15) is 0 Å². The van der Waals surface area contributed by atoms with E-state index >= 15 is 0 Å². The molecule has 2 unspecified atom stereocenters. The van der Waals surface area contributed by atoms with E-state index in [1.54, 1.807) is 0 Å². The zero-order chi connectivity index (χ0) is 9.97. The highest BCUT2D eigenvalue weighted by Gasteiger charge is 2.28. The van der Waals surface area contributed by atoms with Crippen LogP contribution in [0.4, 0.5) is 0 Å². The van der Waals surface area contributed by atoms with Gasteiger partial charge in [-0.3, -0.25) is 0 Å². The van der Waals surface area contributed by atoms with Crippen molar-refractivity contribution in [1.29, 1.82) is 0 Å². The maximum atomic E-state index is 3.81. The number of rotatable bonds is 3. The van der Waals surface area contributed by atoms with Gasteiger partial charge in [0, 0.05) is 25.2 Å². The molecule has 1 aliphatic carbocycles. The molecule has 0 radical (unpaired) electrons. The Morgan fingerprint density at radius 1 is 1.21 bits per heavy atom. The van der Waals surface area contributed by atoms with E-state index in [0.29, 0.717) is 0 Å². The van der Waals surface area contributed by atoms with Crippen LogP contribution in [-0.4, -0.2) is 37.1 Å². The van der Waals surface area contributed by atoms with Crippen LogP contribution < -0.4 is 5.32 Å². The molecule has 0 bridgehead atoms. The molecule has 1 saturated heterocycles. The molecule has 0 aromatic rings. The minimum atomic E-state index is 0.792. The molecule has 2 fully saturated rings. The van der Waals surface area contributed by atoms with Gasteiger partial charge in [0.05, 0.1) is 0 Å². The Bertz CT molecular complexity index is 175. The lowest BCUT2D eigenvalue weighted by Gasteiger charge is -2.41.